The summed E-state index contributed by atoms with van der Waals surface area (Å²) in [6.07, 6.45) is 3.52. The zero-order valence-electron chi connectivity index (χ0n) is 9.79. The lowest BCUT2D eigenvalue weighted by Crippen LogP contribution is -2.29. The fourth-order valence-electron chi connectivity index (χ4n) is 1.86. The third-order valence-electron chi connectivity index (χ3n) is 3.54. The molecule has 92 valence electrons. The van der Waals surface area contributed by atoms with E-state index in [1.165, 1.54) is 18.9 Å². The molecule has 4 heteroatoms. The van der Waals surface area contributed by atoms with Crippen LogP contribution in [0.15, 0.2) is 22.7 Å². The molecule has 0 unspecified atom stereocenters. The first-order chi connectivity index (χ1) is 8.06. The monoisotopic (exact) mass is 297 g/mol. The smallest absolute Gasteiger partial charge is 0.251 e. The summed E-state index contributed by atoms with van der Waals surface area (Å²) in [4.78, 5) is 11.9. The molecule has 2 N–H and O–H groups in total. The van der Waals surface area contributed by atoms with Gasteiger partial charge >= 0.3 is 0 Å². The van der Waals surface area contributed by atoms with E-state index in [0.717, 1.165) is 13.0 Å². The first kappa shape index (κ1) is 12.4. The maximum absolute atomic E-state index is 11.9. The molecule has 0 spiro atoms. The quantitative estimate of drug-likeness (QED) is 0.897. The topological polar surface area (TPSA) is 49.3 Å². The number of rotatable bonds is 4. The molecule has 1 fully saturated rings. The molecule has 1 aromatic carbocycles. The predicted octanol–water partition coefficient (Wildman–Crippen LogP) is 3.07. The van der Waals surface area contributed by atoms with Crippen molar-refractivity contribution in [2.45, 2.75) is 26.2 Å². The molecule has 0 saturated heterocycles. The summed E-state index contributed by atoms with van der Waals surface area (Å²) in [6.45, 7) is 2.89. The van der Waals surface area contributed by atoms with Gasteiger partial charge in [0.05, 0.1) is 4.47 Å². The Balaban J connectivity index is 1.97. The van der Waals surface area contributed by atoms with Gasteiger partial charge in [0.2, 0.25) is 0 Å². The van der Waals surface area contributed by atoms with Crippen LogP contribution in [0.4, 0.5) is 0 Å². The second-order valence-corrected chi connectivity index (χ2v) is 5.56. The molecule has 17 heavy (non-hydrogen) atoms. The summed E-state index contributed by atoms with van der Waals surface area (Å²) in [6, 6.07) is 4.85. The molecule has 1 saturated carbocycles. The molecule has 2 rings (SSSR count). The van der Waals surface area contributed by atoms with Crippen molar-refractivity contribution in [1.82, 2.24) is 5.32 Å². The number of carbonyl (C=O) groups is 1. The maximum Gasteiger partial charge on any atom is 0.251 e. The van der Waals surface area contributed by atoms with Gasteiger partial charge in [0.15, 0.2) is 0 Å². The van der Waals surface area contributed by atoms with Gasteiger partial charge in [-0.25, -0.2) is 0 Å². The van der Waals surface area contributed by atoms with Crippen molar-refractivity contribution < 1.29 is 9.90 Å². The Morgan fingerprint density at radius 3 is 2.76 bits per heavy atom. The van der Waals surface area contributed by atoms with E-state index in [1.54, 1.807) is 12.1 Å². The lowest BCUT2D eigenvalue weighted by molar-refractivity contribution is 0.0944. The Morgan fingerprint density at radius 2 is 2.24 bits per heavy atom. The lowest BCUT2D eigenvalue weighted by Gasteiger charge is -2.13. The number of benzene rings is 1. The van der Waals surface area contributed by atoms with E-state index in [9.17, 15) is 9.90 Å². The van der Waals surface area contributed by atoms with Crippen molar-refractivity contribution in [3.05, 3.63) is 28.2 Å². The minimum absolute atomic E-state index is 0.0919. The van der Waals surface area contributed by atoms with Crippen molar-refractivity contribution in [1.29, 1.82) is 0 Å². The molecular formula is C13H16BrNO2. The summed E-state index contributed by atoms with van der Waals surface area (Å²) in [5.41, 5.74) is 0.838. The number of halogens is 1. The number of phenolic OH excluding ortho intramolecular Hbond substituents is 1. The molecule has 0 atom stereocenters. The van der Waals surface area contributed by atoms with Crippen molar-refractivity contribution in [2.75, 3.05) is 6.54 Å². The Morgan fingerprint density at radius 1 is 1.53 bits per heavy atom. The van der Waals surface area contributed by atoms with Crippen LogP contribution in [0.25, 0.3) is 0 Å². The molecule has 0 aromatic heterocycles. The third-order valence-corrected chi connectivity index (χ3v) is 4.21. The fraction of sp³-hybridized carbons (Fsp3) is 0.462. The normalized spacial score (nSPS) is 16.6. The molecule has 0 bridgehead atoms. The summed E-state index contributed by atoms with van der Waals surface area (Å²) >= 11 is 3.19. The van der Waals surface area contributed by atoms with Crippen molar-refractivity contribution in [2.24, 2.45) is 5.41 Å². The van der Waals surface area contributed by atoms with Crippen LogP contribution in [0.5, 0.6) is 5.75 Å². The number of phenols is 1. The average molecular weight is 298 g/mol. The predicted molar refractivity (Wildman–Crippen MR) is 70.1 cm³/mol. The van der Waals surface area contributed by atoms with Crippen LogP contribution >= 0.6 is 15.9 Å². The third kappa shape index (κ3) is 2.80. The number of carbonyl (C=O) groups excluding carboxylic acids is 1. The number of aromatic hydroxyl groups is 1. The highest BCUT2D eigenvalue weighted by Gasteiger charge is 2.40. The molecular weight excluding hydrogens is 282 g/mol. The number of hydrogen-bond donors (Lipinski definition) is 2. The van der Waals surface area contributed by atoms with Crippen LogP contribution in [0.2, 0.25) is 0 Å². The summed E-state index contributed by atoms with van der Waals surface area (Å²) in [7, 11) is 0. The van der Waals surface area contributed by atoms with Crippen molar-refractivity contribution in [3.63, 3.8) is 0 Å². The lowest BCUT2D eigenvalue weighted by atomic mass is 10.0. The number of nitrogens with one attached hydrogen (secondary N) is 1. The second kappa shape index (κ2) is 4.69. The minimum atomic E-state index is -0.118. The van der Waals surface area contributed by atoms with Crippen LogP contribution in [-0.2, 0) is 0 Å². The molecule has 1 amide bonds. The highest BCUT2D eigenvalue weighted by molar-refractivity contribution is 9.10. The van der Waals surface area contributed by atoms with Crippen LogP contribution in [0, 0.1) is 5.41 Å². The van der Waals surface area contributed by atoms with Gasteiger partial charge in [-0.2, -0.15) is 0 Å². The van der Waals surface area contributed by atoms with Crippen molar-refractivity contribution in [3.8, 4) is 5.75 Å². The van der Waals surface area contributed by atoms with Crippen molar-refractivity contribution >= 4 is 21.8 Å². The maximum atomic E-state index is 11.9. The van der Waals surface area contributed by atoms with Gasteiger partial charge in [-0.3, -0.25) is 4.79 Å². The van der Waals surface area contributed by atoms with E-state index in [-0.39, 0.29) is 11.7 Å². The molecule has 3 nitrogen and oxygen atoms in total. The van der Waals surface area contributed by atoms with Crippen LogP contribution in [-0.4, -0.2) is 17.6 Å². The Bertz CT molecular complexity index is 441. The van der Waals surface area contributed by atoms with E-state index in [0.29, 0.717) is 15.5 Å². The van der Waals surface area contributed by atoms with Crippen LogP contribution in [0.1, 0.15) is 36.5 Å². The minimum Gasteiger partial charge on any atom is -0.507 e. The SMILES string of the molecule is CCC1(CNC(=O)c2ccc(Br)c(O)c2)CC1. The van der Waals surface area contributed by atoms with Gasteiger partial charge in [-0.05, 0) is 58.8 Å². The average Bonchev–Trinajstić information content (AvgIpc) is 3.10. The Labute approximate surface area is 109 Å². The summed E-state index contributed by atoms with van der Waals surface area (Å²) in [5.74, 6) is -0.0261. The Hall–Kier alpha value is -1.03. The molecule has 1 aromatic rings. The molecule has 1 aliphatic rings. The standard InChI is InChI=1S/C13H16BrNO2/c1-2-13(5-6-13)8-15-12(17)9-3-4-10(14)11(16)7-9/h3-4,7,16H,2,5-6,8H2,1H3,(H,15,17). The largest absolute Gasteiger partial charge is 0.507 e. The molecule has 0 aliphatic heterocycles. The summed E-state index contributed by atoms with van der Waals surface area (Å²) in [5, 5.41) is 12.4. The first-order valence-electron chi connectivity index (χ1n) is 5.83. The second-order valence-electron chi connectivity index (χ2n) is 4.70. The van der Waals surface area contributed by atoms with Gasteiger partial charge in [-0.15, -0.1) is 0 Å². The van der Waals surface area contributed by atoms with Gasteiger partial charge in [0, 0.05) is 12.1 Å². The van der Waals surface area contributed by atoms with Crippen LogP contribution in [0.3, 0.4) is 0 Å². The zero-order valence-corrected chi connectivity index (χ0v) is 11.4. The first-order valence-corrected chi connectivity index (χ1v) is 6.62. The molecule has 1 aliphatic carbocycles. The van der Waals surface area contributed by atoms with E-state index in [1.807, 2.05) is 0 Å². The van der Waals surface area contributed by atoms with Gasteiger partial charge in [0.25, 0.3) is 5.91 Å². The Kier molecular flexibility index (Phi) is 3.43. The zero-order chi connectivity index (χ0) is 12.5. The van der Waals surface area contributed by atoms with Crippen LogP contribution < -0.4 is 5.32 Å². The van der Waals surface area contributed by atoms with E-state index in [2.05, 4.69) is 28.2 Å². The number of hydrogen-bond acceptors (Lipinski definition) is 2. The van der Waals surface area contributed by atoms with Gasteiger partial charge in [0.1, 0.15) is 5.75 Å². The fourth-order valence-corrected chi connectivity index (χ4v) is 2.10. The highest BCUT2D eigenvalue weighted by Crippen LogP contribution is 2.47. The van der Waals surface area contributed by atoms with Gasteiger partial charge in [-0.1, -0.05) is 6.92 Å². The molecule has 0 heterocycles. The number of amides is 1. The summed E-state index contributed by atoms with van der Waals surface area (Å²) < 4.78 is 0.598. The highest BCUT2D eigenvalue weighted by atomic mass is 79.9. The molecule has 0 radical (unpaired) electrons. The van der Waals surface area contributed by atoms with E-state index in [4.69, 9.17) is 0 Å². The van der Waals surface area contributed by atoms with E-state index >= 15 is 0 Å². The van der Waals surface area contributed by atoms with E-state index < -0.39 is 0 Å². The van der Waals surface area contributed by atoms with Gasteiger partial charge < -0.3 is 10.4 Å².